The number of carboxylic acid groups (broad SMARTS) is 1. The Balaban J connectivity index is 2.85. The fourth-order valence-electron chi connectivity index (χ4n) is 1.47. The van der Waals surface area contributed by atoms with Crippen LogP contribution < -0.4 is 5.32 Å². The number of thiophene rings is 1. The van der Waals surface area contributed by atoms with E-state index < -0.39 is 12.0 Å². The van der Waals surface area contributed by atoms with Gasteiger partial charge in [-0.2, -0.15) is 0 Å². The summed E-state index contributed by atoms with van der Waals surface area (Å²) in [5.74, 6) is -1.46. The first-order valence-electron chi connectivity index (χ1n) is 5.43. The minimum atomic E-state index is -1.00. The van der Waals surface area contributed by atoms with E-state index in [4.69, 9.17) is 5.11 Å². The summed E-state index contributed by atoms with van der Waals surface area (Å²) in [5, 5.41) is 13.3. The van der Waals surface area contributed by atoms with Gasteiger partial charge in [0.1, 0.15) is 6.04 Å². The van der Waals surface area contributed by atoms with Gasteiger partial charge >= 0.3 is 5.97 Å². The molecule has 94 valence electrons. The zero-order valence-electron chi connectivity index (χ0n) is 10.4. The topological polar surface area (TPSA) is 66.4 Å². The molecule has 0 bridgehead atoms. The highest BCUT2D eigenvalue weighted by Crippen LogP contribution is 2.20. The molecular weight excluding hydrogens is 238 g/mol. The van der Waals surface area contributed by atoms with Crippen molar-refractivity contribution in [1.29, 1.82) is 0 Å². The molecule has 0 saturated heterocycles. The first-order chi connectivity index (χ1) is 7.84. The van der Waals surface area contributed by atoms with Gasteiger partial charge in [-0.15, -0.1) is 11.3 Å². The fourth-order valence-corrected chi connectivity index (χ4v) is 2.34. The van der Waals surface area contributed by atoms with Crippen molar-refractivity contribution in [3.63, 3.8) is 0 Å². The summed E-state index contributed by atoms with van der Waals surface area (Å²) in [7, 11) is 0. The Bertz CT molecular complexity index is 437. The minimum Gasteiger partial charge on any atom is -0.480 e. The van der Waals surface area contributed by atoms with Crippen LogP contribution in [0.25, 0.3) is 0 Å². The number of amides is 1. The molecule has 17 heavy (non-hydrogen) atoms. The van der Waals surface area contributed by atoms with Crippen molar-refractivity contribution in [2.24, 2.45) is 5.92 Å². The second-order valence-corrected chi connectivity index (χ2v) is 5.45. The van der Waals surface area contributed by atoms with E-state index >= 15 is 0 Å². The van der Waals surface area contributed by atoms with Crippen LogP contribution in [0.5, 0.6) is 0 Å². The lowest BCUT2D eigenvalue weighted by atomic mass is 10.0. The van der Waals surface area contributed by atoms with E-state index in [1.165, 1.54) is 11.3 Å². The molecule has 4 nitrogen and oxygen atoms in total. The van der Waals surface area contributed by atoms with Crippen molar-refractivity contribution in [3.05, 3.63) is 21.4 Å². The van der Waals surface area contributed by atoms with E-state index in [9.17, 15) is 9.59 Å². The van der Waals surface area contributed by atoms with Gasteiger partial charge < -0.3 is 10.4 Å². The fraction of sp³-hybridized carbons (Fsp3) is 0.500. The Morgan fingerprint density at radius 2 is 1.94 bits per heavy atom. The number of carbonyl (C=O) groups is 2. The van der Waals surface area contributed by atoms with E-state index in [1.54, 1.807) is 19.2 Å². The first-order valence-corrected chi connectivity index (χ1v) is 6.31. The lowest BCUT2D eigenvalue weighted by Crippen LogP contribution is -2.44. The highest BCUT2D eigenvalue weighted by molar-refractivity contribution is 7.10. The van der Waals surface area contributed by atoms with Gasteiger partial charge in [0.25, 0.3) is 5.91 Å². The minimum absolute atomic E-state index is 0.142. The summed E-state index contributed by atoms with van der Waals surface area (Å²) in [6.45, 7) is 7.34. The quantitative estimate of drug-likeness (QED) is 0.866. The second kappa shape index (κ2) is 5.31. The molecular formula is C12H17NO3S. The number of aliphatic carboxylic acids is 1. The molecule has 0 spiro atoms. The van der Waals surface area contributed by atoms with Crippen LogP contribution in [0.15, 0.2) is 5.38 Å². The van der Waals surface area contributed by atoms with E-state index in [0.717, 1.165) is 10.4 Å². The van der Waals surface area contributed by atoms with Crippen LogP contribution in [0, 0.1) is 19.8 Å². The van der Waals surface area contributed by atoms with E-state index in [-0.39, 0.29) is 11.8 Å². The molecule has 2 N–H and O–H groups in total. The number of carbonyl (C=O) groups excluding carboxylic acids is 1. The Kier molecular flexibility index (Phi) is 4.28. The van der Waals surface area contributed by atoms with Crippen LogP contribution >= 0.6 is 11.3 Å². The van der Waals surface area contributed by atoms with E-state index in [2.05, 4.69) is 5.32 Å². The summed E-state index contributed by atoms with van der Waals surface area (Å²) in [6, 6.07) is -0.845. The molecule has 1 atom stereocenters. The average molecular weight is 255 g/mol. The van der Waals surface area contributed by atoms with Crippen LogP contribution in [-0.2, 0) is 4.79 Å². The molecule has 0 radical (unpaired) electrons. The Morgan fingerprint density at radius 1 is 1.35 bits per heavy atom. The van der Waals surface area contributed by atoms with Crippen molar-refractivity contribution in [2.45, 2.75) is 33.7 Å². The van der Waals surface area contributed by atoms with Gasteiger partial charge in [0, 0.05) is 10.3 Å². The van der Waals surface area contributed by atoms with Crippen LogP contribution in [0.4, 0.5) is 0 Å². The molecule has 1 aromatic heterocycles. The number of carboxylic acids is 1. The van der Waals surface area contributed by atoms with Crippen LogP contribution in [0.2, 0.25) is 0 Å². The average Bonchev–Trinajstić information content (AvgIpc) is 2.55. The molecule has 1 rings (SSSR count). The maximum absolute atomic E-state index is 11.9. The monoisotopic (exact) mass is 255 g/mol. The molecule has 0 aliphatic heterocycles. The lowest BCUT2D eigenvalue weighted by molar-refractivity contribution is -0.140. The highest BCUT2D eigenvalue weighted by Gasteiger charge is 2.25. The number of aryl methyl sites for hydroxylation is 1. The summed E-state index contributed by atoms with van der Waals surface area (Å²) in [5.41, 5.74) is 1.49. The van der Waals surface area contributed by atoms with Crippen LogP contribution in [-0.4, -0.2) is 23.0 Å². The lowest BCUT2D eigenvalue weighted by Gasteiger charge is -2.17. The van der Waals surface area contributed by atoms with Crippen LogP contribution in [0.1, 0.15) is 34.6 Å². The summed E-state index contributed by atoms with van der Waals surface area (Å²) < 4.78 is 0. The third kappa shape index (κ3) is 3.06. The molecule has 5 heteroatoms. The second-order valence-electron chi connectivity index (χ2n) is 4.36. The summed E-state index contributed by atoms with van der Waals surface area (Å²) >= 11 is 1.49. The molecule has 0 aliphatic rings. The molecule has 0 aliphatic carbocycles. The Morgan fingerprint density at radius 3 is 2.29 bits per heavy atom. The third-order valence-corrected chi connectivity index (χ3v) is 3.76. The number of rotatable bonds is 4. The van der Waals surface area contributed by atoms with Crippen molar-refractivity contribution >= 4 is 23.2 Å². The van der Waals surface area contributed by atoms with Crippen molar-refractivity contribution in [3.8, 4) is 0 Å². The highest BCUT2D eigenvalue weighted by atomic mass is 32.1. The van der Waals surface area contributed by atoms with Gasteiger partial charge in [0.05, 0.1) is 5.56 Å². The molecule has 1 heterocycles. The van der Waals surface area contributed by atoms with Crippen molar-refractivity contribution in [2.75, 3.05) is 0 Å². The van der Waals surface area contributed by atoms with Gasteiger partial charge in [-0.3, -0.25) is 4.79 Å². The zero-order valence-corrected chi connectivity index (χ0v) is 11.2. The molecule has 0 saturated carbocycles. The predicted octanol–water partition coefficient (Wildman–Crippen LogP) is 2.20. The number of hydrogen-bond donors (Lipinski definition) is 2. The van der Waals surface area contributed by atoms with E-state index in [0.29, 0.717) is 5.56 Å². The summed E-state index contributed by atoms with van der Waals surface area (Å²) in [4.78, 5) is 24.0. The number of hydrogen-bond acceptors (Lipinski definition) is 3. The third-order valence-electron chi connectivity index (χ3n) is 2.75. The zero-order chi connectivity index (χ0) is 13.2. The summed E-state index contributed by atoms with van der Waals surface area (Å²) in [6.07, 6.45) is 0. The van der Waals surface area contributed by atoms with Gasteiger partial charge in [-0.05, 0) is 25.3 Å². The van der Waals surface area contributed by atoms with Gasteiger partial charge in [0.2, 0.25) is 0 Å². The van der Waals surface area contributed by atoms with Gasteiger partial charge in [-0.1, -0.05) is 13.8 Å². The van der Waals surface area contributed by atoms with Crippen molar-refractivity contribution < 1.29 is 14.7 Å². The number of nitrogens with one attached hydrogen (secondary N) is 1. The maximum atomic E-state index is 11.9. The predicted molar refractivity (Wildman–Crippen MR) is 67.5 cm³/mol. The molecule has 0 fully saturated rings. The molecule has 1 aromatic rings. The standard InChI is InChI=1S/C12H17NO3S/c1-6(2)10(12(15)16)13-11(14)9-5-17-8(4)7(9)3/h5-6,10H,1-4H3,(H,13,14)(H,15,16)/t10-/m1/s1. The van der Waals surface area contributed by atoms with E-state index in [1.807, 2.05) is 13.8 Å². The largest absolute Gasteiger partial charge is 0.480 e. The first kappa shape index (κ1) is 13.7. The maximum Gasteiger partial charge on any atom is 0.326 e. The van der Waals surface area contributed by atoms with Crippen LogP contribution in [0.3, 0.4) is 0 Å². The molecule has 0 unspecified atom stereocenters. The normalized spacial score (nSPS) is 12.5. The Labute approximate surface area is 105 Å². The molecule has 0 aromatic carbocycles. The van der Waals surface area contributed by atoms with Crippen molar-refractivity contribution in [1.82, 2.24) is 5.32 Å². The smallest absolute Gasteiger partial charge is 0.326 e. The van der Waals surface area contributed by atoms with Gasteiger partial charge in [0.15, 0.2) is 0 Å². The Hall–Kier alpha value is -1.36. The van der Waals surface area contributed by atoms with Gasteiger partial charge in [-0.25, -0.2) is 4.79 Å². The molecule has 1 amide bonds. The SMILES string of the molecule is Cc1scc(C(=O)N[C@@H](C(=O)O)C(C)C)c1C.